The van der Waals surface area contributed by atoms with Crippen LogP contribution in [0, 0.1) is 0 Å². The van der Waals surface area contributed by atoms with E-state index >= 15 is 0 Å². The molecule has 1 aromatic carbocycles. The summed E-state index contributed by atoms with van der Waals surface area (Å²) in [6.45, 7) is 0.610. The van der Waals surface area contributed by atoms with Crippen LogP contribution in [0.1, 0.15) is 50.1 Å². The van der Waals surface area contributed by atoms with E-state index in [1.807, 2.05) is 18.2 Å². The molecule has 1 fully saturated rings. The lowest BCUT2D eigenvalue weighted by molar-refractivity contribution is 0.295. The molecule has 1 atom stereocenters. The van der Waals surface area contributed by atoms with E-state index in [0.29, 0.717) is 18.5 Å². The third kappa shape index (κ3) is 5.41. The maximum atomic E-state index is 6.14. The summed E-state index contributed by atoms with van der Waals surface area (Å²) < 4.78 is 5.50. The lowest BCUT2D eigenvalue weighted by atomic mass is 10.0. The van der Waals surface area contributed by atoms with E-state index in [2.05, 4.69) is 35.4 Å². The average molecular weight is 332 g/mol. The van der Waals surface area contributed by atoms with Crippen LogP contribution in [0.2, 0.25) is 0 Å². The van der Waals surface area contributed by atoms with Crippen molar-refractivity contribution < 1.29 is 4.74 Å². The van der Waals surface area contributed by atoms with Crippen LogP contribution in [0.25, 0.3) is 0 Å². The smallest absolute Gasteiger partial charge is 0.188 e. The number of rotatable bonds is 6. The first-order chi connectivity index (χ1) is 11.6. The van der Waals surface area contributed by atoms with Crippen molar-refractivity contribution in [2.45, 2.75) is 50.6 Å². The Hall–Kier alpha value is -1.75. The summed E-state index contributed by atoms with van der Waals surface area (Å²) in [6.07, 6.45) is 7.64. The molecule has 0 saturated heterocycles. The van der Waals surface area contributed by atoms with Crippen molar-refractivity contribution in [2.24, 2.45) is 10.7 Å². The Morgan fingerprint density at radius 2 is 1.92 bits per heavy atom. The predicted octanol–water partition coefficient (Wildman–Crippen LogP) is 2.93. The molecule has 5 nitrogen and oxygen atoms in total. The monoisotopic (exact) mass is 332 g/mol. The molecule has 0 aliphatic heterocycles. The summed E-state index contributed by atoms with van der Waals surface area (Å²) in [5, 5.41) is 3.41. The van der Waals surface area contributed by atoms with Crippen molar-refractivity contribution in [3.8, 4) is 5.75 Å². The zero-order valence-corrected chi connectivity index (χ0v) is 15.3. The van der Waals surface area contributed by atoms with Gasteiger partial charge in [0.05, 0.1) is 19.7 Å². The van der Waals surface area contributed by atoms with Crippen LogP contribution in [0.5, 0.6) is 5.75 Å². The summed E-state index contributed by atoms with van der Waals surface area (Å²) in [5.41, 5.74) is 7.28. The number of methoxy groups -OCH3 is 1. The number of para-hydroxylation sites is 1. The number of likely N-dealkylation sites (N-methyl/N-ethyl adjacent to an activating group) is 1. The number of nitrogens with zero attached hydrogens (tertiary/aromatic N) is 2. The Kier molecular flexibility index (Phi) is 7.37. The highest BCUT2D eigenvalue weighted by atomic mass is 16.5. The van der Waals surface area contributed by atoms with Crippen LogP contribution in [0.3, 0.4) is 0 Å². The van der Waals surface area contributed by atoms with Gasteiger partial charge in [0, 0.05) is 11.6 Å². The van der Waals surface area contributed by atoms with E-state index in [-0.39, 0.29) is 6.04 Å². The molecule has 1 unspecified atom stereocenters. The highest BCUT2D eigenvalue weighted by Crippen LogP contribution is 2.28. The SMILES string of the molecule is COc1ccccc1C(CN=C(N)NC1CCCCCC1)N(C)C. The lowest BCUT2D eigenvalue weighted by Gasteiger charge is -2.25. The molecule has 3 N–H and O–H groups in total. The quantitative estimate of drug-likeness (QED) is 0.478. The van der Waals surface area contributed by atoms with E-state index in [4.69, 9.17) is 10.5 Å². The van der Waals surface area contributed by atoms with Gasteiger partial charge in [-0.1, -0.05) is 43.9 Å². The minimum Gasteiger partial charge on any atom is -0.496 e. The van der Waals surface area contributed by atoms with Crippen molar-refractivity contribution in [3.05, 3.63) is 29.8 Å². The summed E-state index contributed by atoms with van der Waals surface area (Å²) in [6, 6.07) is 8.71. The van der Waals surface area contributed by atoms with Crippen molar-refractivity contribution in [1.29, 1.82) is 0 Å². The standard InChI is InChI=1S/C19H32N4O/c1-23(2)17(16-12-8-9-13-18(16)24-3)14-21-19(20)22-15-10-6-4-5-7-11-15/h8-9,12-13,15,17H,4-7,10-11,14H2,1-3H3,(H3,20,21,22). The van der Waals surface area contributed by atoms with Crippen LogP contribution in [-0.2, 0) is 0 Å². The first-order valence-corrected chi connectivity index (χ1v) is 8.97. The molecule has 134 valence electrons. The number of nitrogens with two attached hydrogens (primary N) is 1. The van der Waals surface area contributed by atoms with Gasteiger partial charge in [0.25, 0.3) is 0 Å². The van der Waals surface area contributed by atoms with Gasteiger partial charge in [-0.05, 0) is 33.0 Å². The molecule has 0 heterocycles. The largest absolute Gasteiger partial charge is 0.496 e. The molecular formula is C19H32N4O. The molecule has 1 aromatic rings. The molecule has 5 heteroatoms. The number of ether oxygens (including phenoxy) is 1. The molecule has 1 aliphatic rings. The van der Waals surface area contributed by atoms with Crippen molar-refractivity contribution >= 4 is 5.96 Å². The van der Waals surface area contributed by atoms with Gasteiger partial charge < -0.3 is 20.7 Å². The molecule has 1 aliphatic carbocycles. The minimum atomic E-state index is 0.135. The van der Waals surface area contributed by atoms with Gasteiger partial charge in [-0.25, -0.2) is 0 Å². The number of hydrogen-bond donors (Lipinski definition) is 2. The first kappa shape index (κ1) is 18.6. The maximum absolute atomic E-state index is 6.14. The fraction of sp³-hybridized carbons (Fsp3) is 0.632. The number of nitrogens with one attached hydrogen (secondary N) is 1. The molecule has 0 amide bonds. The lowest BCUT2D eigenvalue weighted by Crippen LogP contribution is -2.40. The molecule has 0 bridgehead atoms. The van der Waals surface area contributed by atoms with Crippen LogP contribution in [0.15, 0.2) is 29.3 Å². The first-order valence-electron chi connectivity index (χ1n) is 8.97. The highest BCUT2D eigenvalue weighted by molar-refractivity contribution is 5.78. The Balaban J connectivity index is 2.01. The Morgan fingerprint density at radius 1 is 1.25 bits per heavy atom. The maximum Gasteiger partial charge on any atom is 0.188 e. The number of guanidine groups is 1. The predicted molar refractivity (Wildman–Crippen MR) is 101 cm³/mol. The molecule has 0 spiro atoms. The summed E-state index contributed by atoms with van der Waals surface area (Å²) in [5.74, 6) is 1.45. The third-order valence-electron chi connectivity index (χ3n) is 4.76. The topological polar surface area (TPSA) is 62.9 Å². The second-order valence-electron chi connectivity index (χ2n) is 6.78. The number of benzene rings is 1. The van der Waals surface area contributed by atoms with Gasteiger partial charge in [0.15, 0.2) is 5.96 Å². The fourth-order valence-corrected chi connectivity index (χ4v) is 3.34. The van der Waals surface area contributed by atoms with Crippen molar-refractivity contribution in [1.82, 2.24) is 10.2 Å². The fourth-order valence-electron chi connectivity index (χ4n) is 3.34. The molecule has 0 aromatic heterocycles. The zero-order valence-electron chi connectivity index (χ0n) is 15.3. The second-order valence-corrected chi connectivity index (χ2v) is 6.78. The van der Waals surface area contributed by atoms with Gasteiger partial charge >= 0.3 is 0 Å². The Bertz CT molecular complexity index is 522. The normalized spacial score (nSPS) is 18.2. The number of hydrogen-bond acceptors (Lipinski definition) is 3. The zero-order chi connectivity index (χ0) is 17.4. The van der Waals surface area contributed by atoms with E-state index in [9.17, 15) is 0 Å². The Labute approximate surface area is 146 Å². The van der Waals surface area contributed by atoms with Crippen LogP contribution >= 0.6 is 0 Å². The highest BCUT2D eigenvalue weighted by Gasteiger charge is 2.18. The molecule has 2 rings (SSSR count). The van der Waals surface area contributed by atoms with Gasteiger partial charge in [0.2, 0.25) is 0 Å². The molecule has 1 saturated carbocycles. The molecule has 0 radical (unpaired) electrons. The summed E-state index contributed by atoms with van der Waals surface area (Å²) in [7, 11) is 5.82. The van der Waals surface area contributed by atoms with Gasteiger partial charge in [-0.15, -0.1) is 0 Å². The third-order valence-corrected chi connectivity index (χ3v) is 4.76. The van der Waals surface area contributed by atoms with Crippen LogP contribution in [0.4, 0.5) is 0 Å². The van der Waals surface area contributed by atoms with Crippen molar-refractivity contribution in [3.63, 3.8) is 0 Å². The van der Waals surface area contributed by atoms with E-state index < -0.39 is 0 Å². The second kappa shape index (κ2) is 9.52. The average Bonchev–Trinajstić information content (AvgIpc) is 2.83. The Morgan fingerprint density at radius 3 is 2.54 bits per heavy atom. The molecule has 24 heavy (non-hydrogen) atoms. The van der Waals surface area contributed by atoms with E-state index in [0.717, 1.165) is 11.3 Å². The van der Waals surface area contributed by atoms with Crippen molar-refractivity contribution in [2.75, 3.05) is 27.7 Å². The van der Waals surface area contributed by atoms with E-state index in [1.54, 1.807) is 7.11 Å². The minimum absolute atomic E-state index is 0.135. The summed E-state index contributed by atoms with van der Waals surface area (Å²) in [4.78, 5) is 6.76. The molecular weight excluding hydrogens is 300 g/mol. The van der Waals surface area contributed by atoms with E-state index in [1.165, 1.54) is 38.5 Å². The summed E-state index contributed by atoms with van der Waals surface area (Å²) >= 11 is 0. The van der Waals surface area contributed by atoms with Crippen LogP contribution in [-0.4, -0.2) is 44.7 Å². The van der Waals surface area contributed by atoms with Gasteiger partial charge in [0.1, 0.15) is 5.75 Å². The van der Waals surface area contributed by atoms with Gasteiger partial charge in [-0.3, -0.25) is 4.99 Å². The van der Waals surface area contributed by atoms with Crippen LogP contribution < -0.4 is 15.8 Å². The number of aliphatic imine (C=N–C) groups is 1. The van der Waals surface area contributed by atoms with Gasteiger partial charge in [-0.2, -0.15) is 0 Å².